The van der Waals surface area contributed by atoms with E-state index >= 15 is 0 Å². The van der Waals surface area contributed by atoms with E-state index in [2.05, 4.69) is 12.2 Å². The molecule has 2 saturated heterocycles. The Morgan fingerprint density at radius 3 is 1.95 bits per heavy atom. The number of aliphatic hydroxyl groups excluding tert-OH is 1. The zero-order valence-electron chi connectivity index (χ0n) is 25.1. The molecule has 7 atom stereocenters. The molecule has 0 aromatic heterocycles. The van der Waals surface area contributed by atoms with Gasteiger partial charge in [0.15, 0.2) is 0 Å². The van der Waals surface area contributed by atoms with E-state index in [1.165, 1.54) is 0 Å². The average Bonchev–Trinajstić information content (AvgIpc) is 3.29. The highest BCUT2D eigenvalue weighted by Gasteiger charge is 2.74. The maximum Gasteiger partial charge on any atom is 0.247 e. The number of likely N-dealkylation sites (tertiary alicyclic amines) is 1. The second kappa shape index (κ2) is 11.6. The van der Waals surface area contributed by atoms with E-state index in [0.29, 0.717) is 26.2 Å². The van der Waals surface area contributed by atoms with Gasteiger partial charge in [-0.3, -0.25) is 14.4 Å². The van der Waals surface area contributed by atoms with Crippen LogP contribution in [0.15, 0.2) is 85.0 Å². The van der Waals surface area contributed by atoms with E-state index in [4.69, 9.17) is 0 Å². The van der Waals surface area contributed by atoms with E-state index in [0.717, 1.165) is 17.5 Å². The minimum Gasteiger partial charge on any atom is -0.394 e. The van der Waals surface area contributed by atoms with Gasteiger partial charge in [0.2, 0.25) is 17.7 Å². The number of nitrogens with zero attached hydrogens (tertiary/aromatic N) is 3. The summed E-state index contributed by atoms with van der Waals surface area (Å²) in [6.07, 6.45) is 8.96. The van der Waals surface area contributed by atoms with Crippen LogP contribution in [0.25, 0.3) is 0 Å². The molecule has 0 bridgehead atoms. The Morgan fingerprint density at radius 2 is 1.40 bits per heavy atom. The SMILES string of the molecule is CC[C@H](C)[C@H](CO)N1C(=O)[C@@H]2[C@@H]3C(=O)N(Cc4ccccc4)CC=C[C@]3(C)S[C@@]23C=CCN(Cc2ccccc2)C(=O)C13. The predicted molar refractivity (Wildman–Crippen MR) is 169 cm³/mol. The molecule has 2 fully saturated rings. The minimum absolute atomic E-state index is 0.0249. The van der Waals surface area contributed by atoms with Gasteiger partial charge < -0.3 is 19.8 Å². The van der Waals surface area contributed by atoms with Crippen LogP contribution in [0.4, 0.5) is 0 Å². The van der Waals surface area contributed by atoms with Gasteiger partial charge in [0.1, 0.15) is 6.04 Å². The third-order valence-electron chi connectivity index (χ3n) is 9.94. The summed E-state index contributed by atoms with van der Waals surface area (Å²) >= 11 is 1.59. The fourth-order valence-corrected chi connectivity index (χ4v) is 9.77. The highest BCUT2D eigenvalue weighted by atomic mass is 32.2. The molecule has 1 spiro atoms. The predicted octanol–water partition coefficient (Wildman–Crippen LogP) is 4.28. The molecule has 1 N–H and O–H groups in total. The second-order valence-electron chi connectivity index (χ2n) is 12.6. The van der Waals surface area contributed by atoms with Gasteiger partial charge >= 0.3 is 0 Å². The van der Waals surface area contributed by atoms with E-state index in [1.54, 1.807) is 16.7 Å². The van der Waals surface area contributed by atoms with Crippen molar-refractivity contribution in [2.45, 2.75) is 61.9 Å². The summed E-state index contributed by atoms with van der Waals surface area (Å²) in [6.45, 7) is 7.62. The third kappa shape index (κ3) is 4.92. The van der Waals surface area contributed by atoms with Crippen LogP contribution in [0.5, 0.6) is 0 Å². The summed E-state index contributed by atoms with van der Waals surface area (Å²) in [7, 11) is 0. The molecule has 3 amide bonds. The molecular weight excluding hydrogens is 558 g/mol. The third-order valence-corrected chi connectivity index (χ3v) is 11.7. The number of amides is 3. The molecular formula is C35H41N3O4S. The van der Waals surface area contributed by atoms with Crippen LogP contribution >= 0.6 is 11.8 Å². The lowest BCUT2D eigenvalue weighted by Gasteiger charge is -2.41. The smallest absolute Gasteiger partial charge is 0.247 e. The molecule has 7 nitrogen and oxygen atoms in total. The summed E-state index contributed by atoms with van der Waals surface area (Å²) in [6, 6.07) is 18.4. The first kappa shape index (κ1) is 29.7. The molecule has 0 aliphatic carbocycles. The first-order valence-corrected chi connectivity index (χ1v) is 16.2. The van der Waals surface area contributed by atoms with Gasteiger partial charge in [0.25, 0.3) is 0 Å². The van der Waals surface area contributed by atoms with Crippen LogP contribution in [-0.4, -0.2) is 78.8 Å². The Balaban J connectivity index is 1.44. The van der Waals surface area contributed by atoms with Crippen LogP contribution in [0, 0.1) is 17.8 Å². The van der Waals surface area contributed by atoms with Crippen molar-refractivity contribution in [3.8, 4) is 0 Å². The highest BCUT2D eigenvalue weighted by Crippen LogP contribution is 2.66. The molecule has 2 aromatic rings. The zero-order valence-corrected chi connectivity index (χ0v) is 26.0. The maximum atomic E-state index is 14.8. The van der Waals surface area contributed by atoms with Crippen molar-refractivity contribution in [3.63, 3.8) is 0 Å². The Bertz CT molecular complexity index is 1430. The molecule has 4 heterocycles. The fraction of sp³-hybridized carbons (Fsp3) is 0.457. The lowest BCUT2D eigenvalue weighted by atomic mass is 9.74. The number of rotatable bonds is 8. The van der Waals surface area contributed by atoms with Gasteiger partial charge in [0.05, 0.1) is 29.2 Å². The van der Waals surface area contributed by atoms with Gasteiger partial charge in [-0.25, -0.2) is 0 Å². The minimum atomic E-state index is -0.935. The second-order valence-corrected chi connectivity index (χ2v) is 14.4. The van der Waals surface area contributed by atoms with Crippen molar-refractivity contribution in [3.05, 3.63) is 96.1 Å². The largest absolute Gasteiger partial charge is 0.394 e. The Kier molecular flexibility index (Phi) is 8.03. The van der Waals surface area contributed by atoms with Crippen molar-refractivity contribution in [1.82, 2.24) is 14.7 Å². The molecule has 4 aliphatic heterocycles. The van der Waals surface area contributed by atoms with Crippen LogP contribution in [0.3, 0.4) is 0 Å². The molecule has 0 saturated carbocycles. The number of benzene rings is 2. The van der Waals surface area contributed by atoms with Crippen molar-refractivity contribution in [2.75, 3.05) is 19.7 Å². The number of carbonyl (C=O) groups excluding carboxylic acids is 3. The van der Waals surface area contributed by atoms with E-state index in [1.807, 2.05) is 103 Å². The lowest BCUT2D eigenvalue weighted by molar-refractivity contribution is -0.148. The lowest BCUT2D eigenvalue weighted by Crippen LogP contribution is -2.58. The molecule has 6 rings (SSSR count). The molecule has 2 aromatic carbocycles. The van der Waals surface area contributed by atoms with Crippen molar-refractivity contribution >= 4 is 29.5 Å². The summed E-state index contributed by atoms with van der Waals surface area (Å²) in [5, 5.41) is 10.7. The Labute approximate surface area is 258 Å². The normalized spacial score (nSPS) is 31.4. The van der Waals surface area contributed by atoms with Gasteiger partial charge in [-0.15, -0.1) is 11.8 Å². The highest BCUT2D eigenvalue weighted by molar-refractivity contribution is 8.02. The van der Waals surface area contributed by atoms with Crippen LogP contribution < -0.4 is 0 Å². The van der Waals surface area contributed by atoms with Crippen molar-refractivity contribution < 1.29 is 19.5 Å². The first-order valence-electron chi connectivity index (χ1n) is 15.4. The number of fused-ring (bicyclic) bond motifs is 2. The zero-order chi connectivity index (χ0) is 30.4. The van der Waals surface area contributed by atoms with Gasteiger partial charge in [-0.05, 0) is 24.0 Å². The van der Waals surface area contributed by atoms with Crippen molar-refractivity contribution in [1.29, 1.82) is 0 Å². The van der Waals surface area contributed by atoms with Gasteiger partial charge in [0, 0.05) is 30.9 Å². The number of carbonyl (C=O) groups is 3. The van der Waals surface area contributed by atoms with E-state index in [-0.39, 0.29) is 30.2 Å². The quantitative estimate of drug-likeness (QED) is 0.459. The molecule has 4 aliphatic rings. The maximum absolute atomic E-state index is 14.8. The van der Waals surface area contributed by atoms with E-state index < -0.39 is 33.4 Å². The van der Waals surface area contributed by atoms with Crippen LogP contribution in [0.1, 0.15) is 38.3 Å². The molecule has 0 radical (unpaired) electrons. The van der Waals surface area contributed by atoms with Gasteiger partial charge in [-0.1, -0.05) is 105 Å². The standard InChI is InChI=1S/C35H41N3O4S/c1-4-24(2)27(23-39)38-30-33(42)37(22-26-15-9-6-10-16-26)20-12-18-35(30)29(32(38)41)28-31(40)36(19-11-17-34(28,3)43-35)21-25-13-7-5-8-14-25/h5-18,24,27-30,39H,4,19-23H2,1-3H3/t24-,27-,28+,29-,30?,34-,35-/m0/s1. The van der Waals surface area contributed by atoms with Crippen LogP contribution in [-0.2, 0) is 27.5 Å². The van der Waals surface area contributed by atoms with Crippen molar-refractivity contribution in [2.24, 2.45) is 17.8 Å². The molecule has 226 valence electrons. The summed E-state index contributed by atoms with van der Waals surface area (Å²) in [4.78, 5) is 49.4. The average molecular weight is 600 g/mol. The summed E-state index contributed by atoms with van der Waals surface area (Å²) in [5.41, 5.74) is 2.04. The number of aliphatic hydroxyl groups is 1. The first-order chi connectivity index (χ1) is 20.7. The topological polar surface area (TPSA) is 81.2 Å². The van der Waals surface area contributed by atoms with Gasteiger partial charge in [-0.2, -0.15) is 0 Å². The molecule has 8 heteroatoms. The molecule has 1 unspecified atom stereocenters. The Morgan fingerprint density at radius 1 is 0.837 bits per heavy atom. The molecule has 43 heavy (non-hydrogen) atoms. The van der Waals surface area contributed by atoms with E-state index in [9.17, 15) is 19.5 Å². The number of hydrogen-bond donors (Lipinski definition) is 1. The monoisotopic (exact) mass is 599 g/mol. The van der Waals surface area contributed by atoms with Crippen LogP contribution in [0.2, 0.25) is 0 Å². The Hall–Kier alpha value is -3.36. The number of thioether (sulfide) groups is 1. The number of hydrogen-bond acceptors (Lipinski definition) is 5. The fourth-order valence-electron chi connectivity index (χ4n) is 7.62. The summed E-state index contributed by atoms with van der Waals surface area (Å²) < 4.78 is -1.60. The summed E-state index contributed by atoms with van der Waals surface area (Å²) in [5.74, 6) is -1.78.